The number of hydrogen-bond donors (Lipinski definition) is 2. The van der Waals surface area contributed by atoms with Crippen molar-refractivity contribution in [1.82, 2.24) is 15.3 Å². The van der Waals surface area contributed by atoms with Crippen molar-refractivity contribution < 1.29 is 4.92 Å². The quantitative estimate of drug-likeness (QED) is 0.360. The Bertz CT molecular complexity index is 1150. The Morgan fingerprint density at radius 2 is 1.74 bits per heavy atom. The van der Waals surface area contributed by atoms with E-state index in [1.807, 2.05) is 63.2 Å². The number of nitrogens with zero attached hydrogens (tertiary/aromatic N) is 4. The van der Waals surface area contributed by atoms with Crippen LogP contribution in [-0.2, 0) is 6.54 Å². The van der Waals surface area contributed by atoms with Crippen LogP contribution in [0.2, 0.25) is 0 Å². The molecular weight excluding hydrogens is 428 g/mol. The highest BCUT2D eigenvalue weighted by atomic mass is 16.6. The standard InChI is InChI=1S/C26H34N6O2/c1-17-13-20(14-18(2)24(17)32(33)34)16-27-15-19-9-11-21(12-10-19)28-26-29-23-8-6-5-7-22(23)25(30-26)31(3)4/h5-8,13-14,19,21,27H,9-12,15-16H2,1-4H3,(H,28,29,30). The molecule has 0 aliphatic heterocycles. The number of nitro groups is 1. The number of fused-ring (bicyclic) bond motifs is 1. The van der Waals surface area contributed by atoms with Gasteiger partial charge in [-0.15, -0.1) is 0 Å². The van der Waals surface area contributed by atoms with Gasteiger partial charge < -0.3 is 15.5 Å². The van der Waals surface area contributed by atoms with Gasteiger partial charge in [-0.25, -0.2) is 4.98 Å². The molecule has 4 rings (SSSR count). The van der Waals surface area contributed by atoms with E-state index in [0.717, 1.165) is 72.2 Å². The first-order chi connectivity index (χ1) is 16.3. The molecule has 1 aliphatic rings. The Kier molecular flexibility index (Phi) is 7.26. The molecule has 2 aromatic carbocycles. The molecule has 0 radical (unpaired) electrons. The second-order valence-corrected chi connectivity index (χ2v) is 9.61. The summed E-state index contributed by atoms with van der Waals surface area (Å²) in [7, 11) is 4.02. The van der Waals surface area contributed by atoms with Crippen molar-refractivity contribution in [2.24, 2.45) is 5.92 Å². The normalized spacial score (nSPS) is 18.1. The summed E-state index contributed by atoms with van der Waals surface area (Å²) in [6, 6.07) is 12.3. The van der Waals surface area contributed by atoms with E-state index in [0.29, 0.717) is 17.9 Å². The fraction of sp³-hybridized carbons (Fsp3) is 0.462. The summed E-state index contributed by atoms with van der Waals surface area (Å²) >= 11 is 0. The summed E-state index contributed by atoms with van der Waals surface area (Å²) in [5, 5.41) is 19.4. The van der Waals surface area contributed by atoms with Gasteiger partial charge in [0, 0.05) is 43.2 Å². The highest BCUT2D eigenvalue weighted by Gasteiger charge is 2.22. The molecule has 1 aliphatic carbocycles. The van der Waals surface area contributed by atoms with Crippen LogP contribution >= 0.6 is 0 Å². The average molecular weight is 463 g/mol. The molecule has 1 fully saturated rings. The van der Waals surface area contributed by atoms with Crippen molar-refractivity contribution in [3.8, 4) is 0 Å². The zero-order chi connectivity index (χ0) is 24.2. The third-order valence-electron chi connectivity index (χ3n) is 6.68. The molecule has 180 valence electrons. The number of rotatable bonds is 8. The lowest BCUT2D eigenvalue weighted by Crippen LogP contribution is -2.31. The number of aromatic nitrogens is 2. The predicted octanol–water partition coefficient (Wildman–Crippen LogP) is 4.98. The maximum Gasteiger partial charge on any atom is 0.275 e. The Morgan fingerprint density at radius 3 is 2.38 bits per heavy atom. The van der Waals surface area contributed by atoms with Gasteiger partial charge in [0.05, 0.1) is 10.4 Å². The number of para-hydroxylation sites is 1. The van der Waals surface area contributed by atoms with Crippen LogP contribution in [0.3, 0.4) is 0 Å². The molecule has 0 atom stereocenters. The zero-order valence-electron chi connectivity index (χ0n) is 20.5. The van der Waals surface area contributed by atoms with Gasteiger partial charge in [-0.1, -0.05) is 12.1 Å². The Balaban J connectivity index is 1.29. The highest BCUT2D eigenvalue weighted by Crippen LogP contribution is 2.29. The fourth-order valence-electron chi connectivity index (χ4n) is 5.02. The number of anilines is 2. The van der Waals surface area contributed by atoms with Gasteiger partial charge in [-0.2, -0.15) is 4.98 Å². The summed E-state index contributed by atoms with van der Waals surface area (Å²) in [5.74, 6) is 2.27. The lowest BCUT2D eigenvalue weighted by atomic mass is 9.86. The van der Waals surface area contributed by atoms with Gasteiger partial charge in [0.2, 0.25) is 5.95 Å². The van der Waals surface area contributed by atoms with E-state index in [9.17, 15) is 10.1 Å². The summed E-state index contributed by atoms with van der Waals surface area (Å²) in [6.45, 7) is 5.31. The molecule has 3 aromatic rings. The Labute approximate surface area is 200 Å². The molecule has 1 aromatic heterocycles. The van der Waals surface area contributed by atoms with E-state index in [1.165, 1.54) is 0 Å². The fourth-order valence-corrected chi connectivity index (χ4v) is 5.02. The van der Waals surface area contributed by atoms with Crippen LogP contribution in [0.5, 0.6) is 0 Å². The average Bonchev–Trinajstić information content (AvgIpc) is 2.79. The number of nitro benzene ring substituents is 1. The zero-order valence-corrected chi connectivity index (χ0v) is 20.5. The van der Waals surface area contributed by atoms with Gasteiger partial charge in [0.25, 0.3) is 5.69 Å². The lowest BCUT2D eigenvalue weighted by molar-refractivity contribution is -0.386. The molecule has 0 spiro atoms. The summed E-state index contributed by atoms with van der Waals surface area (Å²) < 4.78 is 0. The smallest absolute Gasteiger partial charge is 0.275 e. The van der Waals surface area contributed by atoms with Crippen molar-refractivity contribution in [3.63, 3.8) is 0 Å². The molecular formula is C26H34N6O2. The lowest BCUT2D eigenvalue weighted by Gasteiger charge is -2.29. The molecule has 0 saturated heterocycles. The van der Waals surface area contributed by atoms with Crippen LogP contribution in [0.4, 0.5) is 17.5 Å². The maximum absolute atomic E-state index is 11.2. The van der Waals surface area contributed by atoms with Gasteiger partial charge in [0.1, 0.15) is 5.82 Å². The number of benzene rings is 2. The predicted molar refractivity (Wildman–Crippen MR) is 138 cm³/mol. The second-order valence-electron chi connectivity index (χ2n) is 9.61. The van der Waals surface area contributed by atoms with Gasteiger partial charge in [-0.05, 0) is 81.8 Å². The van der Waals surface area contributed by atoms with E-state index < -0.39 is 0 Å². The van der Waals surface area contributed by atoms with E-state index in [4.69, 9.17) is 9.97 Å². The topological polar surface area (TPSA) is 96.2 Å². The van der Waals surface area contributed by atoms with E-state index in [1.54, 1.807) is 0 Å². The van der Waals surface area contributed by atoms with Gasteiger partial charge in [0.15, 0.2) is 0 Å². The number of hydrogen-bond acceptors (Lipinski definition) is 7. The van der Waals surface area contributed by atoms with Crippen molar-refractivity contribution in [3.05, 3.63) is 63.2 Å². The molecule has 2 N–H and O–H groups in total. The summed E-state index contributed by atoms with van der Waals surface area (Å²) in [4.78, 5) is 22.5. The van der Waals surface area contributed by atoms with Crippen LogP contribution in [0.15, 0.2) is 36.4 Å². The largest absolute Gasteiger partial charge is 0.362 e. The van der Waals surface area contributed by atoms with Crippen LogP contribution < -0.4 is 15.5 Å². The summed E-state index contributed by atoms with van der Waals surface area (Å²) in [6.07, 6.45) is 4.49. The summed E-state index contributed by atoms with van der Waals surface area (Å²) in [5.41, 5.74) is 3.73. The van der Waals surface area contributed by atoms with Crippen LogP contribution in [0.25, 0.3) is 10.9 Å². The van der Waals surface area contributed by atoms with E-state index in [2.05, 4.69) is 16.7 Å². The van der Waals surface area contributed by atoms with Crippen molar-refractivity contribution >= 4 is 28.4 Å². The third kappa shape index (κ3) is 5.44. The van der Waals surface area contributed by atoms with Gasteiger partial charge >= 0.3 is 0 Å². The first-order valence-electron chi connectivity index (χ1n) is 12.0. The van der Waals surface area contributed by atoms with Crippen LogP contribution in [0.1, 0.15) is 42.4 Å². The molecule has 34 heavy (non-hydrogen) atoms. The Hall–Kier alpha value is -3.26. The molecule has 8 nitrogen and oxygen atoms in total. The van der Waals surface area contributed by atoms with Crippen molar-refractivity contribution in [1.29, 1.82) is 0 Å². The SMILES string of the molecule is Cc1cc(CNCC2CCC(Nc3nc(N(C)C)c4ccccc4n3)CC2)cc(C)c1[N+](=O)[O-]. The highest BCUT2D eigenvalue weighted by molar-refractivity contribution is 5.90. The molecule has 0 unspecified atom stereocenters. The molecule has 8 heteroatoms. The van der Waals surface area contributed by atoms with Crippen LogP contribution in [-0.4, -0.2) is 41.6 Å². The second kappa shape index (κ2) is 10.3. The van der Waals surface area contributed by atoms with Crippen LogP contribution in [0, 0.1) is 29.9 Å². The number of nitrogens with one attached hydrogen (secondary N) is 2. The Morgan fingerprint density at radius 1 is 1.06 bits per heavy atom. The van der Waals surface area contributed by atoms with Crippen molar-refractivity contribution in [2.75, 3.05) is 30.9 Å². The minimum atomic E-state index is -0.293. The first-order valence-corrected chi connectivity index (χ1v) is 12.0. The monoisotopic (exact) mass is 462 g/mol. The molecule has 0 amide bonds. The molecule has 1 heterocycles. The third-order valence-corrected chi connectivity index (χ3v) is 6.68. The van der Waals surface area contributed by atoms with Gasteiger partial charge in [-0.3, -0.25) is 10.1 Å². The molecule has 1 saturated carbocycles. The first kappa shape index (κ1) is 23.9. The number of aryl methyl sites for hydroxylation is 2. The van der Waals surface area contributed by atoms with E-state index in [-0.39, 0.29) is 10.6 Å². The minimum Gasteiger partial charge on any atom is -0.362 e. The maximum atomic E-state index is 11.2. The van der Waals surface area contributed by atoms with Crippen molar-refractivity contribution in [2.45, 2.75) is 52.1 Å². The molecule has 0 bridgehead atoms. The van der Waals surface area contributed by atoms with E-state index >= 15 is 0 Å². The minimum absolute atomic E-state index is 0.225.